The Bertz CT molecular complexity index is 542. The normalized spacial score (nSPS) is 21.4. The van der Waals surface area contributed by atoms with Gasteiger partial charge in [0.25, 0.3) is 0 Å². The van der Waals surface area contributed by atoms with Crippen LogP contribution in [0, 0.1) is 11.8 Å². The van der Waals surface area contributed by atoms with Crippen LogP contribution in [0.2, 0.25) is 0 Å². The van der Waals surface area contributed by atoms with Gasteiger partial charge in [-0.2, -0.15) is 0 Å². The molecule has 0 spiro atoms. The standard InChI is InChI=1S/C20H30N2O2S/c1-3-4-7-15-9-11-16(12-10-15)14-24-20(23)18(19(25)21-2)17-8-5-6-13-22-17/h5-6,8,13,15-16,18H,3-4,7,9-12,14H2,1-2H3,(H,21,25)/t15-,16-,18?. The first-order valence-corrected chi connectivity index (χ1v) is 9.85. The lowest BCUT2D eigenvalue weighted by atomic mass is 9.80. The summed E-state index contributed by atoms with van der Waals surface area (Å²) in [5.74, 6) is 0.424. The van der Waals surface area contributed by atoms with Crippen LogP contribution in [0.4, 0.5) is 0 Å². The number of likely N-dealkylation sites (N-methyl/N-ethyl adjacent to an activating group) is 1. The second-order valence-corrected chi connectivity index (χ2v) is 7.40. The van der Waals surface area contributed by atoms with E-state index in [1.807, 2.05) is 18.2 Å². The van der Waals surface area contributed by atoms with Crippen molar-refractivity contribution < 1.29 is 9.53 Å². The number of nitrogens with one attached hydrogen (secondary N) is 1. The predicted molar refractivity (Wildman–Crippen MR) is 105 cm³/mol. The van der Waals surface area contributed by atoms with Crippen LogP contribution in [0.1, 0.15) is 63.5 Å². The van der Waals surface area contributed by atoms with Crippen molar-refractivity contribution >= 4 is 23.2 Å². The summed E-state index contributed by atoms with van der Waals surface area (Å²) in [6, 6.07) is 5.50. The Morgan fingerprint density at radius 3 is 2.64 bits per heavy atom. The Labute approximate surface area is 156 Å². The van der Waals surface area contributed by atoms with Crippen molar-refractivity contribution in [3.63, 3.8) is 0 Å². The maximum absolute atomic E-state index is 12.6. The molecule has 1 aromatic rings. The van der Waals surface area contributed by atoms with Gasteiger partial charge < -0.3 is 10.1 Å². The summed E-state index contributed by atoms with van der Waals surface area (Å²) in [7, 11) is 1.73. The van der Waals surface area contributed by atoms with Crippen LogP contribution in [0.15, 0.2) is 24.4 Å². The quantitative estimate of drug-likeness (QED) is 0.553. The van der Waals surface area contributed by atoms with Crippen LogP contribution >= 0.6 is 12.2 Å². The van der Waals surface area contributed by atoms with Crippen molar-refractivity contribution in [2.75, 3.05) is 13.7 Å². The first-order chi connectivity index (χ1) is 12.2. The topological polar surface area (TPSA) is 51.2 Å². The van der Waals surface area contributed by atoms with Gasteiger partial charge in [-0.05, 0) is 36.8 Å². The summed E-state index contributed by atoms with van der Waals surface area (Å²) in [5, 5.41) is 2.90. The molecule has 4 nitrogen and oxygen atoms in total. The minimum atomic E-state index is -0.623. The molecule has 0 radical (unpaired) electrons. The fourth-order valence-corrected chi connectivity index (χ4v) is 3.73. The molecular weight excluding hydrogens is 332 g/mol. The lowest BCUT2D eigenvalue weighted by molar-refractivity contribution is -0.145. The van der Waals surface area contributed by atoms with Crippen LogP contribution in [-0.2, 0) is 9.53 Å². The number of ether oxygens (including phenoxy) is 1. The fourth-order valence-electron chi connectivity index (χ4n) is 3.52. The zero-order valence-electron chi connectivity index (χ0n) is 15.4. The van der Waals surface area contributed by atoms with Gasteiger partial charge in [0.1, 0.15) is 5.92 Å². The van der Waals surface area contributed by atoms with Crippen molar-refractivity contribution in [2.45, 2.75) is 57.8 Å². The van der Waals surface area contributed by atoms with Crippen LogP contribution < -0.4 is 5.32 Å². The Hall–Kier alpha value is -1.49. The maximum atomic E-state index is 12.6. The second kappa shape index (κ2) is 10.5. The van der Waals surface area contributed by atoms with E-state index in [-0.39, 0.29) is 5.97 Å². The molecular formula is C20H30N2O2S. The largest absolute Gasteiger partial charge is 0.465 e. The molecule has 25 heavy (non-hydrogen) atoms. The Balaban J connectivity index is 1.85. The summed E-state index contributed by atoms with van der Waals surface area (Å²) < 4.78 is 5.63. The fraction of sp³-hybridized carbons (Fsp3) is 0.650. The Morgan fingerprint density at radius 2 is 2.04 bits per heavy atom. The molecule has 0 aromatic carbocycles. The molecule has 0 aliphatic heterocycles. The lowest BCUT2D eigenvalue weighted by Crippen LogP contribution is -2.32. The third-order valence-electron chi connectivity index (χ3n) is 5.12. The predicted octanol–water partition coefficient (Wildman–Crippen LogP) is 4.25. The van der Waals surface area contributed by atoms with Gasteiger partial charge in [0.15, 0.2) is 0 Å². The maximum Gasteiger partial charge on any atom is 0.322 e. The lowest BCUT2D eigenvalue weighted by Gasteiger charge is -2.28. The number of esters is 1. The van der Waals surface area contributed by atoms with E-state index in [2.05, 4.69) is 17.2 Å². The number of aromatic nitrogens is 1. The van der Waals surface area contributed by atoms with Gasteiger partial charge in [-0.25, -0.2) is 0 Å². The van der Waals surface area contributed by atoms with Crippen molar-refractivity contribution in [2.24, 2.45) is 11.8 Å². The van der Waals surface area contributed by atoms with Gasteiger partial charge >= 0.3 is 5.97 Å². The van der Waals surface area contributed by atoms with E-state index in [4.69, 9.17) is 17.0 Å². The van der Waals surface area contributed by atoms with Gasteiger partial charge in [-0.15, -0.1) is 0 Å². The number of pyridine rings is 1. The number of hydrogen-bond acceptors (Lipinski definition) is 4. The molecule has 1 fully saturated rings. The highest BCUT2D eigenvalue weighted by Gasteiger charge is 2.29. The molecule has 1 aromatic heterocycles. The van der Waals surface area contributed by atoms with E-state index in [1.54, 1.807) is 13.2 Å². The number of hydrogen-bond donors (Lipinski definition) is 1. The van der Waals surface area contributed by atoms with Gasteiger partial charge in [0.05, 0.1) is 17.3 Å². The Morgan fingerprint density at radius 1 is 1.32 bits per heavy atom. The van der Waals surface area contributed by atoms with Crippen LogP contribution in [0.25, 0.3) is 0 Å². The van der Waals surface area contributed by atoms with Gasteiger partial charge in [0, 0.05) is 13.2 Å². The highest BCUT2D eigenvalue weighted by molar-refractivity contribution is 7.80. The molecule has 1 heterocycles. The molecule has 0 amide bonds. The molecule has 1 unspecified atom stereocenters. The Kier molecular flexibility index (Phi) is 8.32. The summed E-state index contributed by atoms with van der Waals surface area (Å²) >= 11 is 5.31. The average Bonchev–Trinajstić information content (AvgIpc) is 2.66. The number of carbonyl (C=O) groups is 1. The molecule has 0 saturated heterocycles. The van der Waals surface area contributed by atoms with Crippen molar-refractivity contribution in [3.05, 3.63) is 30.1 Å². The van der Waals surface area contributed by atoms with Crippen molar-refractivity contribution in [1.29, 1.82) is 0 Å². The van der Waals surface area contributed by atoms with Crippen LogP contribution in [-0.4, -0.2) is 29.6 Å². The van der Waals surface area contributed by atoms with Gasteiger partial charge in [-0.3, -0.25) is 9.78 Å². The molecule has 1 aliphatic carbocycles. The third kappa shape index (κ3) is 6.07. The summed E-state index contributed by atoms with van der Waals surface area (Å²) in [6.45, 7) is 2.74. The summed E-state index contributed by atoms with van der Waals surface area (Å²) in [6.07, 6.45) is 10.5. The number of rotatable bonds is 8. The highest BCUT2D eigenvalue weighted by atomic mass is 32.1. The molecule has 1 aliphatic rings. The van der Waals surface area contributed by atoms with E-state index >= 15 is 0 Å². The number of carbonyl (C=O) groups excluding carboxylic acids is 1. The minimum absolute atomic E-state index is 0.300. The smallest absolute Gasteiger partial charge is 0.322 e. The van der Waals surface area contributed by atoms with E-state index in [1.165, 1.54) is 32.1 Å². The van der Waals surface area contributed by atoms with Gasteiger partial charge in [0.2, 0.25) is 0 Å². The monoisotopic (exact) mass is 362 g/mol. The van der Waals surface area contributed by atoms with E-state index < -0.39 is 5.92 Å². The zero-order valence-corrected chi connectivity index (χ0v) is 16.2. The highest BCUT2D eigenvalue weighted by Crippen LogP contribution is 2.32. The molecule has 5 heteroatoms. The summed E-state index contributed by atoms with van der Waals surface area (Å²) in [5.41, 5.74) is 0.634. The zero-order chi connectivity index (χ0) is 18.1. The molecule has 1 saturated carbocycles. The van der Waals surface area contributed by atoms with E-state index in [9.17, 15) is 4.79 Å². The van der Waals surface area contributed by atoms with Crippen molar-refractivity contribution in [3.8, 4) is 0 Å². The first-order valence-electron chi connectivity index (χ1n) is 9.44. The van der Waals surface area contributed by atoms with Gasteiger partial charge in [-0.1, -0.05) is 57.3 Å². The molecule has 0 bridgehead atoms. The average molecular weight is 363 g/mol. The molecule has 1 N–H and O–H groups in total. The number of unbranched alkanes of at least 4 members (excludes halogenated alkanes) is 1. The van der Waals surface area contributed by atoms with E-state index in [0.29, 0.717) is 23.2 Å². The molecule has 2 rings (SSSR count). The van der Waals surface area contributed by atoms with Crippen LogP contribution in [0.5, 0.6) is 0 Å². The van der Waals surface area contributed by atoms with Crippen molar-refractivity contribution in [1.82, 2.24) is 10.3 Å². The SMILES string of the molecule is CCCC[C@H]1CC[C@H](COC(=O)C(C(=S)NC)c2ccccn2)CC1. The number of thiocarbonyl (C=S) groups is 1. The molecule has 1 atom stereocenters. The minimum Gasteiger partial charge on any atom is -0.465 e. The second-order valence-electron chi connectivity index (χ2n) is 6.96. The number of nitrogens with zero attached hydrogens (tertiary/aromatic N) is 1. The first kappa shape index (κ1) is 19.8. The molecule has 138 valence electrons. The van der Waals surface area contributed by atoms with Crippen LogP contribution in [0.3, 0.4) is 0 Å². The third-order valence-corrected chi connectivity index (χ3v) is 5.56. The summed E-state index contributed by atoms with van der Waals surface area (Å²) in [4.78, 5) is 17.3. The van der Waals surface area contributed by atoms with E-state index in [0.717, 1.165) is 18.8 Å².